The molecule has 0 unspecified atom stereocenters. The number of carbonyl (C=O) groups excluding carboxylic acids is 2. The molecule has 1 aliphatic heterocycles. The molecule has 0 spiro atoms. The summed E-state index contributed by atoms with van der Waals surface area (Å²) in [5, 5.41) is 3.97. The molecule has 0 atom stereocenters. The summed E-state index contributed by atoms with van der Waals surface area (Å²) in [6.45, 7) is 2.45. The zero-order valence-electron chi connectivity index (χ0n) is 15.6. The third-order valence-corrected chi connectivity index (χ3v) is 5.32. The minimum atomic E-state index is -0.334. The predicted molar refractivity (Wildman–Crippen MR) is 111 cm³/mol. The number of amides is 2. The Morgan fingerprint density at radius 3 is 2.59 bits per heavy atom. The fourth-order valence-electron chi connectivity index (χ4n) is 3.45. The first-order chi connectivity index (χ1) is 14.0. The van der Waals surface area contributed by atoms with E-state index in [1.807, 2.05) is 11.0 Å². The van der Waals surface area contributed by atoms with Gasteiger partial charge in [-0.25, -0.2) is 4.39 Å². The van der Waals surface area contributed by atoms with Crippen molar-refractivity contribution in [2.24, 2.45) is 0 Å². The van der Waals surface area contributed by atoms with Crippen LogP contribution in [0.1, 0.15) is 10.5 Å². The van der Waals surface area contributed by atoms with Crippen LogP contribution in [0.2, 0.25) is 5.02 Å². The van der Waals surface area contributed by atoms with Crippen LogP contribution >= 0.6 is 11.6 Å². The van der Waals surface area contributed by atoms with E-state index in [1.165, 1.54) is 12.1 Å². The molecule has 3 aromatic rings. The van der Waals surface area contributed by atoms with Crippen molar-refractivity contribution in [1.82, 2.24) is 14.8 Å². The van der Waals surface area contributed by atoms with Crippen LogP contribution in [-0.2, 0) is 4.79 Å². The van der Waals surface area contributed by atoms with Crippen LogP contribution in [0, 0.1) is 5.82 Å². The van der Waals surface area contributed by atoms with E-state index in [1.54, 1.807) is 35.2 Å². The van der Waals surface area contributed by atoms with Gasteiger partial charge in [0.1, 0.15) is 11.5 Å². The monoisotopic (exact) mass is 414 g/mol. The Morgan fingerprint density at radius 2 is 1.83 bits per heavy atom. The average Bonchev–Trinajstić information content (AvgIpc) is 3.13. The topological polar surface area (TPSA) is 68.4 Å². The van der Waals surface area contributed by atoms with Gasteiger partial charge in [0.05, 0.1) is 17.3 Å². The first-order valence-corrected chi connectivity index (χ1v) is 9.72. The van der Waals surface area contributed by atoms with Crippen LogP contribution in [0.5, 0.6) is 0 Å². The summed E-state index contributed by atoms with van der Waals surface area (Å²) in [5.74, 6) is -0.600. The predicted octanol–water partition coefficient (Wildman–Crippen LogP) is 3.36. The number of nitrogens with one attached hydrogen (secondary N) is 2. The lowest BCUT2D eigenvalue weighted by Gasteiger charge is -2.34. The number of H-pyrrole nitrogens is 1. The molecule has 2 aromatic carbocycles. The van der Waals surface area contributed by atoms with Crippen LogP contribution in [0.25, 0.3) is 10.9 Å². The third-order valence-electron chi connectivity index (χ3n) is 4.99. The Bertz CT molecular complexity index is 1060. The SMILES string of the molecule is O=C(CN1CCN(C(=O)c2cc3cc(F)ccc3[nH]2)CC1)Nc1ccccc1Cl. The maximum atomic E-state index is 13.4. The lowest BCUT2D eigenvalue weighted by molar-refractivity contribution is -0.117. The molecule has 2 heterocycles. The average molecular weight is 415 g/mol. The number of nitrogens with zero attached hydrogens (tertiary/aromatic N) is 2. The molecule has 0 aliphatic carbocycles. The van der Waals surface area contributed by atoms with Gasteiger partial charge < -0.3 is 15.2 Å². The van der Waals surface area contributed by atoms with E-state index in [4.69, 9.17) is 11.6 Å². The van der Waals surface area contributed by atoms with Crippen LogP contribution in [0.4, 0.5) is 10.1 Å². The zero-order chi connectivity index (χ0) is 20.4. The van der Waals surface area contributed by atoms with E-state index < -0.39 is 0 Å². The molecule has 2 amide bonds. The lowest BCUT2D eigenvalue weighted by Crippen LogP contribution is -2.50. The summed E-state index contributed by atoms with van der Waals surface area (Å²) in [6.07, 6.45) is 0. The summed E-state index contributed by atoms with van der Waals surface area (Å²) < 4.78 is 13.4. The number of aromatic nitrogens is 1. The van der Waals surface area contributed by atoms with Gasteiger partial charge in [0.15, 0.2) is 0 Å². The molecular formula is C21H20ClFN4O2. The van der Waals surface area contributed by atoms with E-state index in [9.17, 15) is 14.0 Å². The fourth-order valence-corrected chi connectivity index (χ4v) is 3.64. The fraction of sp³-hybridized carbons (Fsp3) is 0.238. The lowest BCUT2D eigenvalue weighted by atomic mass is 10.2. The first kappa shape index (κ1) is 19.4. The number of para-hydroxylation sites is 1. The molecule has 0 bridgehead atoms. The molecule has 1 aromatic heterocycles. The summed E-state index contributed by atoms with van der Waals surface area (Å²) in [4.78, 5) is 31.8. The van der Waals surface area contributed by atoms with Crippen molar-refractivity contribution in [2.45, 2.75) is 0 Å². The standard InChI is InChI=1S/C21H20ClFN4O2/c22-16-3-1-2-4-18(16)25-20(28)13-26-7-9-27(10-8-26)21(29)19-12-14-11-15(23)5-6-17(14)24-19/h1-6,11-12,24H,7-10,13H2,(H,25,28). The number of hydrogen-bond donors (Lipinski definition) is 2. The second-order valence-corrected chi connectivity index (χ2v) is 7.42. The molecular weight excluding hydrogens is 395 g/mol. The van der Waals surface area contributed by atoms with Gasteiger partial charge in [-0.1, -0.05) is 23.7 Å². The van der Waals surface area contributed by atoms with Crippen molar-refractivity contribution in [3.05, 3.63) is 65.1 Å². The van der Waals surface area contributed by atoms with E-state index in [-0.39, 0.29) is 24.2 Å². The smallest absolute Gasteiger partial charge is 0.270 e. The molecule has 150 valence electrons. The maximum Gasteiger partial charge on any atom is 0.270 e. The van der Waals surface area contributed by atoms with Gasteiger partial charge in [0, 0.05) is 37.1 Å². The van der Waals surface area contributed by atoms with Gasteiger partial charge in [0.2, 0.25) is 5.91 Å². The highest BCUT2D eigenvalue weighted by Crippen LogP contribution is 2.21. The highest BCUT2D eigenvalue weighted by molar-refractivity contribution is 6.33. The van der Waals surface area contributed by atoms with E-state index in [2.05, 4.69) is 10.3 Å². The second kappa shape index (κ2) is 8.23. The Morgan fingerprint density at radius 1 is 1.07 bits per heavy atom. The van der Waals surface area contributed by atoms with E-state index in [0.29, 0.717) is 48.0 Å². The normalized spacial score (nSPS) is 14.9. The molecule has 1 fully saturated rings. The molecule has 0 radical (unpaired) electrons. The Labute approximate surface area is 172 Å². The Hall–Kier alpha value is -2.90. The third kappa shape index (κ3) is 4.41. The van der Waals surface area contributed by atoms with E-state index in [0.717, 1.165) is 5.52 Å². The van der Waals surface area contributed by atoms with E-state index >= 15 is 0 Å². The number of fused-ring (bicyclic) bond motifs is 1. The van der Waals surface area contributed by atoms with Crippen LogP contribution < -0.4 is 5.32 Å². The van der Waals surface area contributed by atoms with Crippen molar-refractivity contribution >= 4 is 40.0 Å². The van der Waals surface area contributed by atoms with Gasteiger partial charge in [0.25, 0.3) is 5.91 Å². The number of carbonyl (C=O) groups is 2. The Kier molecular flexibility index (Phi) is 5.51. The van der Waals surface area contributed by atoms with Crippen molar-refractivity contribution in [1.29, 1.82) is 0 Å². The maximum absolute atomic E-state index is 13.4. The highest BCUT2D eigenvalue weighted by atomic mass is 35.5. The number of halogens is 2. The number of anilines is 1. The Balaban J connectivity index is 1.32. The molecule has 8 heteroatoms. The summed E-state index contributed by atoms with van der Waals surface area (Å²) >= 11 is 6.06. The molecule has 2 N–H and O–H groups in total. The van der Waals surface area contributed by atoms with Crippen molar-refractivity contribution in [3.8, 4) is 0 Å². The number of hydrogen-bond acceptors (Lipinski definition) is 3. The number of rotatable bonds is 4. The summed E-state index contributed by atoms with van der Waals surface area (Å²) in [5.41, 5.74) is 1.75. The number of aromatic amines is 1. The summed E-state index contributed by atoms with van der Waals surface area (Å²) in [6, 6.07) is 13.1. The van der Waals surface area contributed by atoms with Crippen LogP contribution in [0.3, 0.4) is 0 Å². The minimum Gasteiger partial charge on any atom is -0.351 e. The molecule has 0 saturated carbocycles. The van der Waals surface area contributed by atoms with Crippen molar-refractivity contribution in [3.63, 3.8) is 0 Å². The minimum absolute atomic E-state index is 0.123. The molecule has 4 rings (SSSR count). The van der Waals surface area contributed by atoms with Crippen LogP contribution in [-0.4, -0.2) is 59.3 Å². The second-order valence-electron chi connectivity index (χ2n) is 7.01. The number of piperazine rings is 1. The van der Waals surface area contributed by atoms with Crippen molar-refractivity contribution < 1.29 is 14.0 Å². The molecule has 1 aliphatic rings. The van der Waals surface area contributed by atoms with Gasteiger partial charge in [-0.05, 0) is 36.4 Å². The molecule has 1 saturated heterocycles. The largest absolute Gasteiger partial charge is 0.351 e. The summed E-state index contributed by atoms with van der Waals surface area (Å²) in [7, 11) is 0. The number of benzene rings is 2. The quantitative estimate of drug-likeness (QED) is 0.688. The zero-order valence-corrected chi connectivity index (χ0v) is 16.4. The van der Waals surface area contributed by atoms with Crippen molar-refractivity contribution in [2.75, 3.05) is 38.0 Å². The van der Waals surface area contributed by atoms with Gasteiger partial charge >= 0.3 is 0 Å². The highest BCUT2D eigenvalue weighted by Gasteiger charge is 2.24. The first-order valence-electron chi connectivity index (χ1n) is 9.34. The van der Waals surface area contributed by atoms with Crippen LogP contribution in [0.15, 0.2) is 48.5 Å². The molecule has 29 heavy (non-hydrogen) atoms. The van der Waals surface area contributed by atoms with Gasteiger partial charge in [-0.15, -0.1) is 0 Å². The molecule has 6 nitrogen and oxygen atoms in total. The van der Waals surface area contributed by atoms with Gasteiger partial charge in [-0.2, -0.15) is 0 Å². The van der Waals surface area contributed by atoms with Gasteiger partial charge in [-0.3, -0.25) is 14.5 Å².